The van der Waals surface area contributed by atoms with Crippen molar-refractivity contribution in [2.75, 3.05) is 19.0 Å². The highest BCUT2D eigenvalue weighted by Crippen LogP contribution is 2.27. The maximum absolute atomic E-state index is 12.5. The van der Waals surface area contributed by atoms with E-state index in [1.54, 1.807) is 37.4 Å². The zero-order valence-corrected chi connectivity index (χ0v) is 19.3. The quantitative estimate of drug-likeness (QED) is 0.477. The minimum atomic E-state index is -3.71. The smallest absolute Gasteiger partial charge is 0.249 e. The number of carbonyl (C=O) groups is 1. The Labute approximate surface area is 187 Å². The number of hydrogen-bond donors (Lipinski definition) is 3. The van der Waals surface area contributed by atoms with Gasteiger partial charge in [0.05, 0.1) is 17.6 Å². The molecule has 0 radical (unpaired) electrons. The molecule has 0 aliphatic heterocycles. The lowest BCUT2D eigenvalue weighted by Gasteiger charge is -2.19. The van der Waals surface area contributed by atoms with Crippen LogP contribution in [0, 0.1) is 0 Å². The van der Waals surface area contributed by atoms with E-state index in [1.165, 1.54) is 0 Å². The van der Waals surface area contributed by atoms with Gasteiger partial charge < -0.3 is 4.74 Å². The second-order valence-electron chi connectivity index (χ2n) is 8.18. The molecule has 0 saturated carbocycles. The average Bonchev–Trinajstić information content (AvgIpc) is 3.21. The molecule has 0 bridgehead atoms. The molecule has 1 aromatic heterocycles. The first-order valence-corrected chi connectivity index (χ1v) is 11.5. The SMILES string of the molecule is COc1ccccc1-c1nc(NC(=O)CCNS(=O)(=O)c2ccc(C(C)(C)C)cc2)n[nH]1. The Kier molecular flexibility index (Phi) is 6.95. The Bertz CT molecular complexity index is 1180. The van der Waals surface area contributed by atoms with Gasteiger partial charge in [-0.15, -0.1) is 5.10 Å². The fourth-order valence-corrected chi connectivity index (χ4v) is 4.01. The number of para-hydroxylation sites is 1. The maximum atomic E-state index is 12.5. The van der Waals surface area contributed by atoms with Crippen molar-refractivity contribution in [3.8, 4) is 17.1 Å². The lowest BCUT2D eigenvalue weighted by Crippen LogP contribution is -2.28. The number of anilines is 1. The van der Waals surface area contributed by atoms with Crippen LogP contribution >= 0.6 is 0 Å². The lowest BCUT2D eigenvalue weighted by molar-refractivity contribution is -0.116. The lowest BCUT2D eigenvalue weighted by atomic mass is 9.87. The first-order chi connectivity index (χ1) is 15.1. The Morgan fingerprint density at radius 2 is 1.78 bits per heavy atom. The monoisotopic (exact) mass is 457 g/mol. The number of benzene rings is 2. The molecule has 0 spiro atoms. The fourth-order valence-electron chi connectivity index (χ4n) is 2.98. The van der Waals surface area contributed by atoms with Gasteiger partial charge in [-0.25, -0.2) is 13.1 Å². The van der Waals surface area contributed by atoms with Gasteiger partial charge >= 0.3 is 0 Å². The molecule has 0 aliphatic carbocycles. The molecule has 0 atom stereocenters. The maximum Gasteiger partial charge on any atom is 0.249 e. The van der Waals surface area contributed by atoms with Gasteiger partial charge in [-0.1, -0.05) is 45.0 Å². The molecule has 170 valence electrons. The summed E-state index contributed by atoms with van der Waals surface area (Å²) >= 11 is 0. The topological polar surface area (TPSA) is 126 Å². The Morgan fingerprint density at radius 1 is 1.09 bits per heavy atom. The molecule has 2 aromatic carbocycles. The summed E-state index contributed by atoms with van der Waals surface area (Å²) in [6.07, 6.45) is -0.0716. The molecule has 9 nitrogen and oxygen atoms in total. The Balaban J connectivity index is 1.55. The van der Waals surface area contributed by atoms with Crippen molar-refractivity contribution in [3.05, 3.63) is 54.1 Å². The van der Waals surface area contributed by atoms with Crippen LogP contribution in [0.1, 0.15) is 32.8 Å². The molecular weight excluding hydrogens is 430 g/mol. The molecule has 1 heterocycles. The Hall–Kier alpha value is -3.24. The van der Waals surface area contributed by atoms with Crippen LogP contribution in [0.3, 0.4) is 0 Å². The van der Waals surface area contributed by atoms with Crippen LogP contribution < -0.4 is 14.8 Å². The first kappa shape index (κ1) is 23.4. The zero-order valence-electron chi connectivity index (χ0n) is 18.5. The van der Waals surface area contributed by atoms with Crippen LogP contribution in [-0.4, -0.2) is 43.2 Å². The molecule has 3 aromatic rings. The van der Waals surface area contributed by atoms with Gasteiger partial charge in [0, 0.05) is 13.0 Å². The van der Waals surface area contributed by atoms with E-state index in [2.05, 4.69) is 46.0 Å². The summed E-state index contributed by atoms with van der Waals surface area (Å²) < 4.78 is 32.7. The van der Waals surface area contributed by atoms with E-state index in [0.29, 0.717) is 17.1 Å². The van der Waals surface area contributed by atoms with E-state index in [4.69, 9.17) is 4.74 Å². The van der Waals surface area contributed by atoms with Gasteiger partial charge in [0.15, 0.2) is 5.82 Å². The molecule has 10 heteroatoms. The van der Waals surface area contributed by atoms with Gasteiger partial charge in [-0.2, -0.15) is 4.98 Å². The second-order valence-corrected chi connectivity index (χ2v) is 9.95. The summed E-state index contributed by atoms with van der Waals surface area (Å²) in [4.78, 5) is 16.6. The number of sulfonamides is 1. The summed E-state index contributed by atoms with van der Waals surface area (Å²) in [5, 5.41) is 9.28. The van der Waals surface area contributed by atoms with Crippen LogP contribution in [0.2, 0.25) is 0 Å². The summed E-state index contributed by atoms with van der Waals surface area (Å²) in [5.74, 6) is 0.738. The summed E-state index contributed by atoms with van der Waals surface area (Å²) in [5.41, 5.74) is 1.67. The molecule has 0 saturated heterocycles. The number of hydrogen-bond acceptors (Lipinski definition) is 6. The molecule has 0 aliphatic rings. The highest BCUT2D eigenvalue weighted by atomic mass is 32.2. The van der Waals surface area contributed by atoms with Crippen LogP contribution in [-0.2, 0) is 20.2 Å². The van der Waals surface area contributed by atoms with Gasteiger partial charge in [0.25, 0.3) is 0 Å². The molecule has 3 N–H and O–H groups in total. The minimum absolute atomic E-state index is 0.0566. The molecule has 32 heavy (non-hydrogen) atoms. The third-order valence-electron chi connectivity index (χ3n) is 4.77. The predicted octanol–water partition coefficient (Wildman–Crippen LogP) is 3.08. The number of methoxy groups -OCH3 is 1. The van der Waals surface area contributed by atoms with Crippen molar-refractivity contribution in [1.29, 1.82) is 0 Å². The number of aromatic nitrogens is 3. The van der Waals surface area contributed by atoms with E-state index >= 15 is 0 Å². The van der Waals surface area contributed by atoms with Gasteiger partial charge in [0.2, 0.25) is 21.9 Å². The number of carbonyl (C=O) groups excluding carboxylic acids is 1. The number of aromatic amines is 1. The third kappa shape index (κ3) is 5.71. The van der Waals surface area contributed by atoms with E-state index < -0.39 is 15.9 Å². The average molecular weight is 458 g/mol. The standard InChI is InChI=1S/C22H27N5O4S/c1-22(2,3)15-9-11-16(12-10-15)32(29,30)23-14-13-19(28)24-21-25-20(26-27-21)17-7-5-6-8-18(17)31-4/h5-12,23H,13-14H2,1-4H3,(H2,24,25,26,27,28). The van der Waals surface area contributed by atoms with Crippen molar-refractivity contribution in [1.82, 2.24) is 19.9 Å². The summed E-state index contributed by atoms with van der Waals surface area (Å²) in [6.45, 7) is 6.11. The van der Waals surface area contributed by atoms with Crippen molar-refractivity contribution < 1.29 is 17.9 Å². The van der Waals surface area contributed by atoms with Gasteiger partial charge in [0.1, 0.15) is 5.75 Å². The van der Waals surface area contributed by atoms with E-state index in [1.807, 2.05) is 18.2 Å². The predicted molar refractivity (Wildman–Crippen MR) is 122 cm³/mol. The fraction of sp³-hybridized carbons (Fsp3) is 0.318. The normalized spacial score (nSPS) is 11.9. The third-order valence-corrected chi connectivity index (χ3v) is 6.25. The van der Waals surface area contributed by atoms with Crippen molar-refractivity contribution in [2.45, 2.75) is 37.5 Å². The summed E-state index contributed by atoms with van der Waals surface area (Å²) in [6, 6.07) is 14.0. The van der Waals surface area contributed by atoms with Crippen LogP contribution in [0.25, 0.3) is 11.4 Å². The minimum Gasteiger partial charge on any atom is -0.496 e. The van der Waals surface area contributed by atoms with Gasteiger partial charge in [-0.05, 0) is 35.2 Å². The molecule has 0 unspecified atom stereocenters. The highest BCUT2D eigenvalue weighted by Gasteiger charge is 2.18. The molecule has 3 rings (SSSR count). The van der Waals surface area contributed by atoms with E-state index in [0.717, 1.165) is 5.56 Å². The van der Waals surface area contributed by atoms with E-state index in [9.17, 15) is 13.2 Å². The number of H-pyrrole nitrogens is 1. The van der Waals surface area contributed by atoms with E-state index in [-0.39, 0.29) is 29.2 Å². The van der Waals surface area contributed by atoms with Crippen molar-refractivity contribution >= 4 is 21.9 Å². The number of nitrogens with zero attached hydrogens (tertiary/aromatic N) is 2. The summed E-state index contributed by atoms with van der Waals surface area (Å²) in [7, 11) is -2.16. The van der Waals surface area contributed by atoms with Crippen molar-refractivity contribution in [2.24, 2.45) is 0 Å². The largest absolute Gasteiger partial charge is 0.496 e. The zero-order chi connectivity index (χ0) is 23.4. The number of rotatable bonds is 8. The Morgan fingerprint density at radius 3 is 2.44 bits per heavy atom. The van der Waals surface area contributed by atoms with Crippen LogP contribution in [0.15, 0.2) is 53.4 Å². The van der Waals surface area contributed by atoms with Gasteiger partial charge in [-0.3, -0.25) is 15.2 Å². The van der Waals surface area contributed by atoms with Crippen LogP contribution in [0.5, 0.6) is 5.75 Å². The van der Waals surface area contributed by atoms with Crippen molar-refractivity contribution in [3.63, 3.8) is 0 Å². The molecular formula is C22H27N5O4S. The molecule has 0 fully saturated rings. The number of ether oxygens (including phenoxy) is 1. The van der Waals surface area contributed by atoms with Crippen LogP contribution in [0.4, 0.5) is 5.95 Å². The molecule has 1 amide bonds. The first-order valence-electron chi connectivity index (χ1n) is 10.1. The second kappa shape index (κ2) is 9.49. The highest BCUT2D eigenvalue weighted by molar-refractivity contribution is 7.89. The number of nitrogens with one attached hydrogen (secondary N) is 3. The number of amides is 1.